The highest BCUT2D eigenvalue weighted by atomic mass is 79.9. The van der Waals surface area contributed by atoms with Gasteiger partial charge in [-0.1, -0.05) is 6.07 Å². The van der Waals surface area contributed by atoms with Crippen molar-refractivity contribution in [2.24, 2.45) is 16.5 Å². The standard InChI is InChI=1S/C26H24BrF4N7O6/c1-43-19-3-2-11(4-16(19)27)14(7-20(39)44-24(42)26(29,30)31)21(23(33)41)38-18-6-12(22(32)40)5-17(15(18)10-36-38)37-25-34-8-13(28)9-35-25/h2-6,10,13-14,21H,7-9H2,1H3,(H2,32,40)(H2,33,41)(H2,34,35,37)/t14-,21?/m0/s1. The lowest BCUT2D eigenvalue weighted by Gasteiger charge is -2.26. The minimum absolute atomic E-state index is 0.0282. The lowest BCUT2D eigenvalue weighted by Crippen LogP contribution is -2.41. The minimum Gasteiger partial charge on any atom is -0.496 e. The fourth-order valence-electron chi connectivity index (χ4n) is 4.54. The van der Waals surface area contributed by atoms with Crippen molar-refractivity contribution in [1.29, 1.82) is 0 Å². The third kappa shape index (κ3) is 7.07. The number of primary amides is 2. The van der Waals surface area contributed by atoms with E-state index in [0.717, 1.165) is 4.68 Å². The van der Waals surface area contributed by atoms with Gasteiger partial charge in [-0.15, -0.1) is 0 Å². The molecule has 2 heterocycles. The number of ether oxygens (including phenoxy) is 2. The number of carbonyl (C=O) groups is 4. The van der Waals surface area contributed by atoms with Crippen LogP contribution in [0.15, 0.2) is 46.0 Å². The first kappa shape index (κ1) is 32.2. The molecule has 3 atom stereocenters. The summed E-state index contributed by atoms with van der Waals surface area (Å²) in [6.07, 6.45) is -6.29. The zero-order valence-corrected chi connectivity index (χ0v) is 24.2. The van der Waals surface area contributed by atoms with Gasteiger partial charge in [0.05, 0.1) is 48.5 Å². The number of esters is 2. The lowest BCUT2D eigenvalue weighted by atomic mass is 9.87. The Kier molecular flexibility index (Phi) is 9.41. The van der Waals surface area contributed by atoms with Crippen LogP contribution in [0.3, 0.4) is 0 Å². The number of carbonyl (C=O) groups excluding carboxylic acids is 4. The molecule has 0 saturated carbocycles. The average molecular weight is 686 g/mol. The van der Waals surface area contributed by atoms with Crippen molar-refractivity contribution in [2.75, 3.05) is 25.5 Å². The predicted molar refractivity (Wildman–Crippen MR) is 151 cm³/mol. The van der Waals surface area contributed by atoms with Crippen LogP contribution in [0.4, 0.5) is 23.2 Å². The van der Waals surface area contributed by atoms with Gasteiger partial charge in [0, 0.05) is 16.9 Å². The van der Waals surface area contributed by atoms with E-state index in [1.54, 1.807) is 0 Å². The number of benzene rings is 2. The van der Waals surface area contributed by atoms with Crippen molar-refractivity contribution in [3.63, 3.8) is 0 Å². The van der Waals surface area contributed by atoms with Crippen LogP contribution in [0.1, 0.15) is 34.3 Å². The van der Waals surface area contributed by atoms with Gasteiger partial charge >= 0.3 is 18.1 Å². The highest BCUT2D eigenvalue weighted by Crippen LogP contribution is 2.39. The largest absolute Gasteiger partial charge is 0.496 e. The fourth-order valence-corrected chi connectivity index (χ4v) is 5.10. The molecule has 0 saturated heterocycles. The number of nitrogens with two attached hydrogens (primary N) is 2. The van der Waals surface area contributed by atoms with Crippen LogP contribution < -0.4 is 26.8 Å². The number of nitrogens with zero attached hydrogens (tertiary/aromatic N) is 3. The molecule has 0 spiro atoms. The molecule has 18 heteroatoms. The SMILES string of the molecule is COc1ccc([C@H](CC(=O)OC(=O)C(F)(F)F)C(C(N)=O)n2ncc3c(NC4=NCC(F)CN4)cc(C(N)=O)cc32)cc1Br. The molecular weight excluding hydrogens is 662 g/mol. The van der Waals surface area contributed by atoms with E-state index in [1.165, 1.54) is 43.6 Å². The van der Waals surface area contributed by atoms with Gasteiger partial charge in [0.2, 0.25) is 11.8 Å². The van der Waals surface area contributed by atoms with Gasteiger partial charge in [0.25, 0.3) is 0 Å². The molecule has 0 radical (unpaired) electrons. The molecule has 2 amide bonds. The smallest absolute Gasteiger partial charge is 0.491 e. The summed E-state index contributed by atoms with van der Waals surface area (Å²) in [5, 5.41) is 10.2. The number of halogens is 5. The van der Waals surface area contributed by atoms with Gasteiger partial charge < -0.3 is 31.6 Å². The molecule has 234 valence electrons. The third-order valence-corrected chi connectivity index (χ3v) is 7.18. The number of fused-ring (bicyclic) bond motifs is 1. The van der Waals surface area contributed by atoms with Crippen molar-refractivity contribution < 1.29 is 46.2 Å². The highest BCUT2D eigenvalue weighted by molar-refractivity contribution is 9.10. The molecular formula is C26H24BrF4N7O6. The Morgan fingerprint density at radius 2 is 1.93 bits per heavy atom. The Morgan fingerprint density at radius 3 is 2.50 bits per heavy atom. The summed E-state index contributed by atoms with van der Waals surface area (Å²) < 4.78 is 62.6. The van der Waals surface area contributed by atoms with Gasteiger partial charge in [-0.3, -0.25) is 19.1 Å². The Bertz CT molecular complexity index is 1660. The van der Waals surface area contributed by atoms with Crippen molar-refractivity contribution in [3.05, 3.63) is 52.1 Å². The number of amides is 2. The van der Waals surface area contributed by atoms with E-state index in [9.17, 15) is 36.7 Å². The Morgan fingerprint density at radius 1 is 1.20 bits per heavy atom. The quantitative estimate of drug-likeness (QED) is 0.149. The predicted octanol–water partition coefficient (Wildman–Crippen LogP) is 2.45. The molecule has 0 bridgehead atoms. The monoisotopic (exact) mass is 685 g/mol. The number of guanidine groups is 1. The number of nitrogens with one attached hydrogen (secondary N) is 2. The number of alkyl halides is 4. The zero-order chi connectivity index (χ0) is 32.3. The molecule has 0 fully saturated rings. The molecule has 4 rings (SSSR count). The van der Waals surface area contributed by atoms with E-state index in [4.69, 9.17) is 16.2 Å². The molecule has 1 aromatic heterocycles. The van der Waals surface area contributed by atoms with E-state index >= 15 is 0 Å². The van der Waals surface area contributed by atoms with Crippen LogP contribution in [0.2, 0.25) is 0 Å². The first-order valence-corrected chi connectivity index (χ1v) is 13.4. The van der Waals surface area contributed by atoms with Crippen molar-refractivity contribution in [2.45, 2.75) is 30.7 Å². The molecule has 3 aromatic rings. The first-order valence-electron chi connectivity index (χ1n) is 12.6. The van der Waals surface area contributed by atoms with Crippen LogP contribution in [0, 0.1) is 0 Å². The number of methoxy groups -OCH3 is 1. The Balaban J connectivity index is 1.85. The Hall–Kier alpha value is -4.74. The molecule has 1 aliphatic rings. The fraction of sp³-hybridized carbons (Fsp3) is 0.308. The average Bonchev–Trinajstić information content (AvgIpc) is 3.37. The molecule has 1 aliphatic heterocycles. The number of hydrogen-bond donors (Lipinski definition) is 4. The summed E-state index contributed by atoms with van der Waals surface area (Å²) in [7, 11) is 1.38. The maximum atomic E-state index is 13.6. The van der Waals surface area contributed by atoms with Crippen molar-refractivity contribution in [3.8, 4) is 5.75 Å². The molecule has 2 unspecified atom stereocenters. The maximum absolute atomic E-state index is 13.6. The lowest BCUT2D eigenvalue weighted by molar-refractivity contribution is -0.202. The number of rotatable bonds is 9. The number of aromatic nitrogens is 2. The number of hydrogen-bond acceptors (Lipinski definition) is 10. The summed E-state index contributed by atoms with van der Waals surface area (Å²) in [5.74, 6) is -7.11. The van der Waals surface area contributed by atoms with E-state index in [0.29, 0.717) is 15.6 Å². The van der Waals surface area contributed by atoms with Crippen LogP contribution in [-0.4, -0.2) is 72.0 Å². The van der Waals surface area contributed by atoms with Crippen LogP contribution in [0.5, 0.6) is 5.75 Å². The van der Waals surface area contributed by atoms with E-state index in [2.05, 4.69) is 41.4 Å². The van der Waals surface area contributed by atoms with Gasteiger partial charge in [-0.05, 0) is 45.8 Å². The summed E-state index contributed by atoms with van der Waals surface area (Å²) in [6.45, 7) is -0.150. The topological polar surface area (TPSA) is 193 Å². The molecule has 44 heavy (non-hydrogen) atoms. The molecule has 2 aromatic carbocycles. The number of aliphatic imine (C=N–C) groups is 1. The maximum Gasteiger partial charge on any atom is 0.491 e. The molecule has 6 N–H and O–H groups in total. The van der Waals surface area contributed by atoms with Gasteiger partial charge in [-0.2, -0.15) is 18.3 Å². The van der Waals surface area contributed by atoms with Crippen LogP contribution in [0.25, 0.3) is 10.9 Å². The second-order valence-electron chi connectivity index (χ2n) is 9.51. The molecule has 0 aliphatic carbocycles. The number of anilines is 1. The summed E-state index contributed by atoms with van der Waals surface area (Å²) in [5.41, 5.74) is 11.8. The zero-order valence-electron chi connectivity index (χ0n) is 22.7. The second kappa shape index (κ2) is 12.9. The summed E-state index contributed by atoms with van der Waals surface area (Å²) in [6, 6.07) is 5.42. The van der Waals surface area contributed by atoms with E-state index in [-0.39, 0.29) is 41.4 Å². The van der Waals surface area contributed by atoms with Gasteiger partial charge in [-0.25, -0.2) is 14.2 Å². The highest BCUT2D eigenvalue weighted by Gasteiger charge is 2.43. The van der Waals surface area contributed by atoms with Crippen LogP contribution in [-0.2, 0) is 19.1 Å². The Labute approximate surface area is 254 Å². The molecule has 13 nitrogen and oxygen atoms in total. The van der Waals surface area contributed by atoms with Crippen molar-refractivity contribution in [1.82, 2.24) is 15.1 Å². The van der Waals surface area contributed by atoms with E-state index in [1.807, 2.05) is 0 Å². The summed E-state index contributed by atoms with van der Waals surface area (Å²) >= 11 is 3.29. The minimum atomic E-state index is -5.45. The second-order valence-corrected chi connectivity index (χ2v) is 10.4. The first-order chi connectivity index (χ1) is 20.7. The summed E-state index contributed by atoms with van der Waals surface area (Å²) in [4.78, 5) is 53.3. The van der Waals surface area contributed by atoms with E-state index < -0.39 is 54.5 Å². The third-order valence-electron chi connectivity index (χ3n) is 6.56. The van der Waals surface area contributed by atoms with Crippen LogP contribution >= 0.6 is 15.9 Å². The van der Waals surface area contributed by atoms with Gasteiger partial charge in [0.15, 0.2) is 5.96 Å². The van der Waals surface area contributed by atoms with Gasteiger partial charge in [0.1, 0.15) is 18.0 Å². The normalized spacial score (nSPS) is 16.3. The van der Waals surface area contributed by atoms with Crippen molar-refractivity contribution >= 4 is 62.2 Å².